The maximum absolute atomic E-state index is 5.63. The first-order chi connectivity index (χ1) is 3.13. The molecule has 42 valence electrons. The van der Waals surface area contributed by atoms with E-state index in [0.717, 1.165) is 16.7 Å². The molecule has 0 saturated heterocycles. The summed E-state index contributed by atoms with van der Waals surface area (Å²) in [6, 6.07) is 0. The van der Waals surface area contributed by atoms with Crippen LogP contribution in [0.2, 0.25) is 0 Å². The third kappa shape index (κ3) is 6.25. The predicted octanol–water partition coefficient (Wildman–Crippen LogP) is 0.883. The first-order valence-electron chi connectivity index (χ1n) is 2.41. The maximum atomic E-state index is 5.63. The summed E-state index contributed by atoms with van der Waals surface area (Å²) in [5.74, 6) is 0. The average Bonchev–Trinajstić information content (AvgIpc) is 1.27. The standard InChI is InChI=1S/C5H11ClSi/c1-4(6)3-5(2)7/h4H,2-3H2,1,7H3. The van der Waals surface area contributed by atoms with E-state index < -0.39 is 0 Å². The molecule has 0 aromatic heterocycles. The molecule has 0 aliphatic carbocycles. The molecule has 0 spiro atoms. The third-order valence-corrected chi connectivity index (χ3v) is 1.19. The van der Waals surface area contributed by atoms with Crippen LogP contribution < -0.4 is 0 Å². The lowest BCUT2D eigenvalue weighted by molar-refractivity contribution is 0.957. The summed E-state index contributed by atoms with van der Waals surface area (Å²) < 4.78 is 0. The first-order valence-corrected chi connectivity index (χ1v) is 3.85. The van der Waals surface area contributed by atoms with Crippen LogP contribution in [-0.4, -0.2) is 15.6 Å². The van der Waals surface area contributed by atoms with Crippen molar-refractivity contribution in [2.45, 2.75) is 18.7 Å². The van der Waals surface area contributed by atoms with Gasteiger partial charge in [0.1, 0.15) is 0 Å². The second-order valence-corrected chi connectivity index (χ2v) is 4.10. The minimum absolute atomic E-state index is 0.282. The minimum Gasteiger partial charge on any atom is -0.123 e. The fourth-order valence-electron chi connectivity index (χ4n) is 0.480. The summed E-state index contributed by atoms with van der Waals surface area (Å²) >= 11 is 5.63. The Morgan fingerprint density at radius 1 is 2.00 bits per heavy atom. The normalized spacial score (nSPS) is 14.0. The molecule has 0 N–H and O–H groups in total. The Balaban J connectivity index is 3.13. The molecule has 0 saturated carbocycles. The zero-order valence-corrected chi connectivity index (χ0v) is 7.63. The molecule has 0 bridgehead atoms. The van der Waals surface area contributed by atoms with Crippen molar-refractivity contribution in [2.75, 3.05) is 0 Å². The van der Waals surface area contributed by atoms with Gasteiger partial charge in [-0.15, -0.1) is 18.2 Å². The van der Waals surface area contributed by atoms with Crippen LogP contribution in [-0.2, 0) is 0 Å². The van der Waals surface area contributed by atoms with Gasteiger partial charge in [-0.05, 0) is 13.3 Å². The molecule has 0 aromatic carbocycles. The molecule has 2 heteroatoms. The van der Waals surface area contributed by atoms with Crippen LogP contribution in [0.5, 0.6) is 0 Å². The van der Waals surface area contributed by atoms with Gasteiger partial charge in [0.05, 0.1) is 0 Å². The molecular formula is C5H11ClSi. The first kappa shape index (κ1) is 7.25. The zero-order valence-electron chi connectivity index (χ0n) is 4.87. The SMILES string of the molecule is C=C([SiH3])CC(C)Cl. The number of halogens is 1. The van der Waals surface area contributed by atoms with Gasteiger partial charge in [0.15, 0.2) is 0 Å². The van der Waals surface area contributed by atoms with Crippen LogP contribution in [0.25, 0.3) is 0 Å². The fourth-order valence-corrected chi connectivity index (χ4v) is 1.61. The molecule has 7 heavy (non-hydrogen) atoms. The Morgan fingerprint density at radius 2 is 2.43 bits per heavy atom. The largest absolute Gasteiger partial charge is 0.123 e. The van der Waals surface area contributed by atoms with Gasteiger partial charge in [-0.2, -0.15) is 0 Å². The minimum atomic E-state index is 0.282. The summed E-state index contributed by atoms with van der Waals surface area (Å²) in [6.45, 7) is 5.76. The number of hydrogen-bond donors (Lipinski definition) is 0. The Morgan fingerprint density at radius 3 is 2.43 bits per heavy atom. The van der Waals surface area contributed by atoms with Crippen molar-refractivity contribution in [3.63, 3.8) is 0 Å². The third-order valence-electron chi connectivity index (χ3n) is 0.630. The van der Waals surface area contributed by atoms with Gasteiger partial charge in [0.2, 0.25) is 0 Å². The number of rotatable bonds is 2. The Hall–Kier alpha value is 0.247. The van der Waals surface area contributed by atoms with Crippen LogP contribution in [0.1, 0.15) is 13.3 Å². The lowest BCUT2D eigenvalue weighted by Gasteiger charge is -1.97. The summed E-state index contributed by atoms with van der Waals surface area (Å²) in [5.41, 5.74) is 0. The highest BCUT2D eigenvalue weighted by atomic mass is 35.5. The molecule has 0 amide bonds. The monoisotopic (exact) mass is 134 g/mol. The second kappa shape index (κ2) is 3.27. The van der Waals surface area contributed by atoms with Gasteiger partial charge in [-0.1, -0.05) is 5.20 Å². The van der Waals surface area contributed by atoms with Crippen molar-refractivity contribution in [2.24, 2.45) is 0 Å². The number of hydrogen-bond acceptors (Lipinski definition) is 0. The molecule has 0 aromatic rings. The second-order valence-electron chi connectivity index (χ2n) is 1.94. The smallest absolute Gasteiger partial charge is 0.0340 e. The van der Waals surface area contributed by atoms with E-state index in [4.69, 9.17) is 11.6 Å². The predicted molar refractivity (Wildman–Crippen MR) is 39.0 cm³/mol. The topological polar surface area (TPSA) is 0 Å². The van der Waals surface area contributed by atoms with Gasteiger partial charge >= 0.3 is 0 Å². The number of alkyl halides is 1. The lowest BCUT2D eigenvalue weighted by atomic mass is 10.3. The number of allylic oxidation sites excluding steroid dienone is 1. The Kier molecular flexibility index (Phi) is 3.39. The van der Waals surface area contributed by atoms with Crippen LogP contribution >= 0.6 is 11.6 Å². The van der Waals surface area contributed by atoms with E-state index in [2.05, 4.69) is 6.58 Å². The maximum Gasteiger partial charge on any atom is 0.0340 e. The van der Waals surface area contributed by atoms with E-state index in [9.17, 15) is 0 Å². The van der Waals surface area contributed by atoms with Crippen molar-refractivity contribution in [1.29, 1.82) is 0 Å². The van der Waals surface area contributed by atoms with Crippen LogP contribution in [0.4, 0.5) is 0 Å². The summed E-state index contributed by atoms with van der Waals surface area (Å²) in [5, 5.41) is 1.58. The lowest BCUT2D eigenvalue weighted by Crippen LogP contribution is -1.91. The molecule has 0 rings (SSSR count). The van der Waals surface area contributed by atoms with Gasteiger partial charge in [-0.25, -0.2) is 0 Å². The Bertz CT molecular complexity index is 68.5. The van der Waals surface area contributed by atoms with Crippen molar-refractivity contribution in [3.05, 3.63) is 11.8 Å². The molecular weight excluding hydrogens is 124 g/mol. The van der Waals surface area contributed by atoms with Crippen molar-refractivity contribution >= 4 is 21.8 Å². The zero-order chi connectivity index (χ0) is 5.86. The van der Waals surface area contributed by atoms with Gasteiger partial charge in [0.25, 0.3) is 0 Å². The highest BCUT2D eigenvalue weighted by Gasteiger charge is 1.92. The van der Waals surface area contributed by atoms with E-state index in [-0.39, 0.29) is 5.38 Å². The average molecular weight is 135 g/mol. The van der Waals surface area contributed by atoms with E-state index in [1.807, 2.05) is 6.92 Å². The van der Waals surface area contributed by atoms with E-state index in [1.54, 1.807) is 0 Å². The quantitative estimate of drug-likeness (QED) is 0.389. The summed E-state index contributed by atoms with van der Waals surface area (Å²) in [4.78, 5) is 0. The molecule has 0 nitrogen and oxygen atoms in total. The fraction of sp³-hybridized carbons (Fsp3) is 0.600. The van der Waals surface area contributed by atoms with Crippen molar-refractivity contribution in [3.8, 4) is 0 Å². The van der Waals surface area contributed by atoms with Gasteiger partial charge < -0.3 is 0 Å². The highest BCUT2D eigenvalue weighted by Crippen LogP contribution is 2.03. The Labute approximate surface area is 53.0 Å². The highest BCUT2D eigenvalue weighted by molar-refractivity contribution is 6.24. The van der Waals surface area contributed by atoms with E-state index in [0.29, 0.717) is 0 Å². The summed E-state index contributed by atoms with van der Waals surface area (Å²) in [6.07, 6.45) is 0.994. The van der Waals surface area contributed by atoms with E-state index >= 15 is 0 Å². The van der Waals surface area contributed by atoms with Crippen LogP contribution in [0.15, 0.2) is 11.8 Å². The van der Waals surface area contributed by atoms with Crippen molar-refractivity contribution < 1.29 is 0 Å². The molecule has 0 heterocycles. The molecule has 0 aliphatic rings. The van der Waals surface area contributed by atoms with Crippen LogP contribution in [0.3, 0.4) is 0 Å². The molecule has 0 fully saturated rings. The molecule has 0 radical (unpaired) electrons. The molecule has 1 unspecified atom stereocenters. The van der Waals surface area contributed by atoms with Crippen LogP contribution in [0, 0.1) is 0 Å². The van der Waals surface area contributed by atoms with Gasteiger partial charge in [-0.3, -0.25) is 0 Å². The van der Waals surface area contributed by atoms with Gasteiger partial charge in [0, 0.05) is 15.6 Å². The van der Waals surface area contributed by atoms with E-state index in [1.165, 1.54) is 5.20 Å². The van der Waals surface area contributed by atoms with Crippen molar-refractivity contribution in [1.82, 2.24) is 0 Å². The molecule has 1 atom stereocenters. The summed E-state index contributed by atoms with van der Waals surface area (Å²) in [7, 11) is 1.09. The molecule has 0 aliphatic heterocycles.